The largest absolute Gasteiger partial charge is 0.319 e. The molecule has 9 heteroatoms. The molecule has 0 bridgehead atoms. The molecular formula is C18H19ClFN3O3S. The maximum Gasteiger partial charge on any atom is 0.255 e. The molecule has 0 unspecified atom stereocenters. The van der Waals surface area contributed by atoms with E-state index in [-0.39, 0.29) is 10.6 Å². The quantitative estimate of drug-likeness (QED) is 0.839. The average Bonchev–Trinajstić information content (AvgIpc) is 2.64. The monoisotopic (exact) mass is 411 g/mol. The summed E-state index contributed by atoms with van der Waals surface area (Å²) in [6.45, 7) is 1.96. The Morgan fingerprint density at radius 3 is 2.30 bits per heavy atom. The maximum atomic E-state index is 14.4. The summed E-state index contributed by atoms with van der Waals surface area (Å²) in [4.78, 5) is 14.1. The number of nitrogens with one attached hydrogen (secondary N) is 1. The number of nitrogens with zero attached hydrogens (tertiary/aromatic N) is 2. The smallest absolute Gasteiger partial charge is 0.255 e. The molecule has 1 N–H and O–H groups in total. The summed E-state index contributed by atoms with van der Waals surface area (Å²) < 4.78 is 41.1. The molecular weight excluding hydrogens is 393 g/mol. The summed E-state index contributed by atoms with van der Waals surface area (Å²) in [6, 6.07) is 9.63. The van der Waals surface area contributed by atoms with Crippen LogP contribution in [0.25, 0.3) is 0 Å². The number of hydrogen-bond donors (Lipinski definition) is 1. The van der Waals surface area contributed by atoms with E-state index in [4.69, 9.17) is 11.6 Å². The van der Waals surface area contributed by atoms with E-state index in [0.29, 0.717) is 36.8 Å². The van der Waals surface area contributed by atoms with Gasteiger partial charge in [-0.05, 0) is 49.5 Å². The molecule has 0 radical (unpaired) electrons. The lowest BCUT2D eigenvalue weighted by Crippen LogP contribution is -2.47. The number of rotatable bonds is 4. The molecule has 3 rings (SSSR count). The molecule has 1 fully saturated rings. The van der Waals surface area contributed by atoms with E-state index < -0.39 is 21.7 Å². The van der Waals surface area contributed by atoms with E-state index in [2.05, 4.69) is 5.32 Å². The Balaban J connectivity index is 1.77. The van der Waals surface area contributed by atoms with Crippen LogP contribution in [-0.4, -0.2) is 56.8 Å². The first kappa shape index (κ1) is 19.8. The van der Waals surface area contributed by atoms with E-state index in [1.54, 1.807) is 12.1 Å². The minimum Gasteiger partial charge on any atom is -0.319 e. The van der Waals surface area contributed by atoms with E-state index in [1.807, 2.05) is 11.9 Å². The fraction of sp³-hybridized carbons (Fsp3) is 0.278. The van der Waals surface area contributed by atoms with Gasteiger partial charge in [-0.25, -0.2) is 12.8 Å². The molecule has 27 heavy (non-hydrogen) atoms. The third kappa shape index (κ3) is 4.47. The first-order valence-electron chi connectivity index (χ1n) is 8.32. The third-order valence-electron chi connectivity index (χ3n) is 4.40. The standard InChI is InChI=1S/C18H19ClFN3O3S/c1-22-8-10-23(11-9-22)27(25,26)15-6-7-17(16(20)12-15)21-18(24)13-2-4-14(19)5-3-13/h2-7,12H,8-11H2,1H3,(H,21,24). The van der Waals surface area contributed by atoms with E-state index in [1.165, 1.54) is 28.6 Å². The Labute approximate surface area is 162 Å². The summed E-state index contributed by atoms with van der Waals surface area (Å²) in [5, 5.41) is 2.92. The molecule has 0 spiro atoms. The van der Waals surface area contributed by atoms with Gasteiger partial charge in [-0.2, -0.15) is 4.31 Å². The van der Waals surface area contributed by atoms with E-state index >= 15 is 0 Å². The third-order valence-corrected chi connectivity index (χ3v) is 6.54. The van der Waals surface area contributed by atoms with E-state index in [0.717, 1.165) is 6.07 Å². The van der Waals surface area contributed by atoms with Crippen LogP contribution in [0.2, 0.25) is 5.02 Å². The van der Waals surface area contributed by atoms with Crippen molar-refractivity contribution in [1.82, 2.24) is 9.21 Å². The minimum absolute atomic E-state index is 0.0905. The van der Waals surface area contributed by atoms with Gasteiger partial charge in [-0.15, -0.1) is 0 Å². The topological polar surface area (TPSA) is 69.7 Å². The molecule has 0 saturated carbocycles. The van der Waals surface area contributed by atoms with Crippen molar-refractivity contribution in [3.63, 3.8) is 0 Å². The van der Waals surface area contributed by atoms with Crippen molar-refractivity contribution < 1.29 is 17.6 Å². The van der Waals surface area contributed by atoms with Gasteiger partial charge in [0.15, 0.2) is 0 Å². The highest BCUT2D eigenvalue weighted by Gasteiger charge is 2.28. The molecule has 1 aliphatic rings. The van der Waals surface area contributed by atoms with Gasteiger partial charge in [0, 0.05) is 36.8 Å². The minimum atomic E-state index is -3.77. The molecule has 0 atom stereocenters. The van der Waals surface area contributed by atoms with Crippen molar-refractivity contribution in [2.45, 2.75) is 4.90 Å². The first-order valence-corrected chi connectivity index (χ1v) is 10.1. The Morgan fingerprint density at radius 1 is 1.07 bits per heavy atom. The van der Waals surface area contributed by atoms with Crippen LogP contribution in [-0.2, 0) is 10.0 Å². The number of piperazine rings is 1. The number of carbonyl (C=O) groups is 1. The van der Waals surface area contributed by atoms with Crippen molar-refractivity contribution in [3.8, 4) is 0 Å². The van der Waals surface area contributed by atoms with Crippen LogP contribution in [0.5, 0.6) is 0 Å². The molecule has 6 nitrogen and oxygen atoms in total. The van der Waals surface area contributed by atoms with Crippen molar-refractivity contribution in [3.05, 3.63) is 58.9 Å². The summed E-state index contributed by atoms with van der Waals surface area (Å²) in [5.41, 5.74) is 0.222. The molecule has 1 saturated heterocycles. The van der Waals surface area contributed by atoms with Crippen molar-refractivity contribution >= 4 is 33.2 Å². The lowest BCUT2D eigenvalue weighted by molar-refractivity contribution is 0.102. The number of sulfonamides is 1. The van der Waals surface area contributed by atoms with Gasteiger partial charge in [0.1, 0.15) is 5.82 Å². The van der Waals surface area contributed by atoms with Gasteiger partial charge in [0.2, 0.25) is 10.0 Å². The summed E-state index contributed by atoms with van der Waals surface area (Å²) in [5.74, 6) is -1.33. The average molecular weight is 412 g/mol. The highest BCUT2D eigenvalue weighted by molar-refractivity contribution is 7.89. The van der Waals surface area contributed by atoms with Crippen LogP contribution in [0.4, 0.5) is 10.1 Å². The fourth-order valence-corrected chi connectivity index (χ4v) is 4.29. The van der Waals surface area contributed by atoms with Gasteiger partial charge in [-0.3, -0.25) is 4.79 Å². The molecule has 1 amide bonds. The molecule has 1 aliphatic heterocycles. The number of benzene rings is 2. The Kier molecular flexibility index (Phi) is 5.81. The highest BCUT2D eigenvalue weighted by Crippen LogP contribution is 2.23. The predicted octanol–water partition coefficient (Wildman–Crippen LogP) is 2.67. The van der Waals surface area contributed by atoms with Gasteiger partial charge in [0.25, 0.3) is 5.91 Å². The van der Waals surface area contributed by atoms with Gasteiger partial charge in [-0.1, -0.05) is 11.6 Å². The zero-order valence-corrected chi connectivity index (χ0v) is 16.2. The highest BCUT2D eigenvalue weighted by atomic mass is 35.5. The van der Waals surface area contributed by atoms with Crippen LogP contribution in [0.3, 0.4) is 0 Å². The second-order valence-corrected chi connectivity index (χ2v) is 8.68. The number of amides is 1. The lowest BCUT2D eigenvalue weighted by Gasteiger charge is -2.31. The SMILES string of the molecule is CN1CCN(S(=O)(=O)c2ccc(NC(=O)c3ccc(Cl)cc3)c(F)c2)CC1. The van der Waals surface area contributed by atoms with Crippen LogP contribution >= 0.6 is 11.6 Å². The van der Waals surface area contributed by atoms with Gasteiger partial charge >= 0.3 is 0 Å². The number of hydrogen-bond acceptors (Lipinski definition) is 4. The van der Waals surface area contributed by atoms with E-state index in [9.17, 15) is 17.6 Å². The second-order valence-electron chi connectivity index (χ2n) is 6.31. The Bertz CT molecular complexity index is 943. The number of carbonyl (C=O) groups excluding carboxylic acids is 1. The Morgan fingerprint density at radius 2 is 1.70 bits per heavy atom. The lowest BCUT2D eigenvalue weighted by atomic mass is 10.2. The van der Waals surface area contributed by atoms with Crippen LogP contribution in [0.15, 0.2) is 47.4 Å². The zero-order valence-electron chi connectivity index (χ0n) is 14.7. The summed E-state index contributed by atoms with van der Waals surface area (Å²) in [7, 11) is -1.85. The molecule has 1 heterocycles. The van der Waals surface area contributed by atoms with Crippen LogP contribution in [0.1, 0.15) is 10.4 Å². The van der Waals surface area contributed by atoms with Crippen molar-refractivity contribution in [2.24, 2.45) is 0 Å². The maximum absolute atomic E-state index is 14.4. The summed E-state index contributed by atoms with van der Waals surface area (Å²) >= 11 is 5.78. The molecule has 2 aromatic carbocycles. The molecule has 0 aromatic heterocycles. The Hall–Kier alpha value is -2.00. The molecule has 144 valence electrons. The first-order chi connectivity index (χ1) is 12.8. The normalized spacial score (nSPS) is 16.3. The molecule has 2 aromatic rings. The van der Waals surface area contributed by atoms with Gasteiger partial charge < -0.3 is 10.2 Å². The zero-order chi connectivity index (χ0) is 19.6. The summed E-state index contributed by atoms with van der Waals surface area (Å²) in [6.07, 6.45) is 0. The van der Waals surface area contributed by atoms with Crippen molar-refractivity contribution in [2.75, 3.05) is 38.5 Å². The van der Waals surface area contributed by atoms with Crippen LogP contribution in [0, 0.1) is 5.82 Å². The number of likely N-dealkylation sites (N-methyl/N-ethyl adjacent to an activating group) is 1. The second kappa shape index (κ2) is 7.93. The number of anilines is 1. The van der Waals surface area contributed by atoms with Crippen molar-refractivity contribution in [1.29, 1.82) is 0 Å². The van der Waals surface area contributed by atoms with Crippen LogP contribution < -0.4 is 5.32 Å². The predicted molar refractivity (Wildman–Crippen MR) is 102 cm³/mol. The van der Waals surface area contributed by atoms with Gasteiger partial charge in [0.05, 0.1) is 10.6 Å². The fourth-order valence-electron chi connectivity index (χ4n) is 2.73. The number of halogens is 2. The molecule has 0 aliphatic carbocycles.